The summed E-state index contributed by atoms with van der Waals surface area (Å²) in [6.45, 7) is 11.7. The van der Waals surface area contributed by atoms with Crippen LogP contribution in [0.5, 0.6) is 0 Å². The van der Waals surface area contributed by atoms with E-state index in [0.29, 0.717) is 5.92 Å². The van der Waals surface area contributed by atoms with Crippen molar-refractivity contribution < 1.29 is 0 Å². The molecular weight excluding hydrogens is 240 g/mol. The van der Waals surface area contributed by atoms with Gasteiger partial charge >= 0.3 is 0 Å². The smallest absolute Gasteiger partial charge is 0.0216 e. The average Bonchev–Trinajstić information content (AvgIpc) is 2.39. The molecule has 2 unspecified atom stereocenters. The van der Waals surface area contributed by atoms with E-state index >= 15 is 0 Å². The molecule has 0 bridgehead atoms. The van der Waals surface area contributed by atoms with Gasteiger partial charge in [0.15, 0.2) is 0 Å². The van der Waals surface area contributed by atoms with E-state index in [-0.39, 0.29) is 0 Å². The van der Waals surface area contributed by atoms with Gasteiger partial charge in [0.2, 0.25) is 0 Å². The third-order valence-corrected chi connectivity index (χ3v) is 4.42. The predicted octanol–water partition coefficient (Wildman–Crippen LogP) is 6.60. The van der Waals surface area contributed by atoms with Gasteiger partial charge in [-0.05, 0) is 35.3 Å². The van der Waals surface area contributed by atoms with Gasteiger partial charge in [0, 0.05) is 0 Å². The van der Waals surface area contributed by atoms with Crippen molar-refractivity contribution in [3.63, 3.8) is 0 Å². The summed E-state index contributed by atoms with van der Waals surface area (Å²) < 4.78 is 0. The molecule has 2 atom stereocenters. The molecule has 0 aliphatic rings. The summed E-state index contributed by atoms with van der Waals surface area (Å²) in [5.41, 5.74) is 3.11. The summed E-state index contributed by atoms with van der Waals surface area (Å²) >= 11 is 0. The SMILES string of the molecule is CCCC(C)CCCC(C)Cc1ccccc1C(C)C. The largest absolute Gasteiger partial charge is 0.0654 e. The Morgan fingerprint density at radius 2 is 1.50 bits per heavy atom. The quantitative estimate of drug-likeness (QED) is 0.476. The molecule has 0 nitrogen and oxygen atoms in total. The highest BCUT2D eigenvalue weighted by Crippen LogP contribution is 2.24. The highest BCUT2D eigenvalue weighted by Gasteiger charge is 2.10. The predicted molar refractivity (Wildman–Crippen MR) is 91.3 cm³/mol. The van der Waals surface area contributed by atoms with Gasteiger partial charge in [-0.25, -0.2) is 0 Å². The molecule has 1 rings (SSSR count). The van der Waals surface area contributed by atoms with E-state index in [1.54, 1.807) is 11.1 Å². The topological polar surface area (TPSA) is 0 Å². The van der Waals surface area contributed by atoms with Crippen molar-refractivity contribution in [3.05, 3.63) is 35.4 Å². The highest BCUT2D eigenvalue weighted by atomic mass is 14.2. The van der Waals surface area contributed by atoms with Crippen LogP contribution in [-0.2, 0) is 6.42 Å². The van der Waals surface area contributed by atoms with Gasteiger partial charge in [0.05, 0.1) is 0 Å². The molecule has 0 saturated carbocycles. The Labute approximate surface area is 127 Å². The lowest BCUT2D eigenvalue weighted by Gasteiger charge is -2.17. The van der Waals surface area contributed by atoms with Gasteiger partial charge < -0.3 is 0 Å². The third kappa shape index (κ3) is 6.11. The summed E-state index contributed by atoms with van der Waals surface area (Å²) in [7, 11) is 0. The molecule has 0 spiro atoms. The Morgan fingerprint density at radius 1 is 0.850 bits per heavy atom. The lowest BCUT2D eigenvalue weighted by Crippen LogP contribution is -2.05. The van der Waals surface area contributed by atoms with Gasteiger partial charge in [-0.15, -0.1) is 0 Å². The second kappa shape index (κ2) is 9.21. The minimum Gasteiger partial charge on any atom is -0.0654 e. The number of benzene rings is 1. The Kier molecular flexibility index (Phi) is 7.95. The molecule has 0 heterocycles. The number of hydrogen-bond acceptors (Lipinski definition) is 0. The first-order valence-corrected chi connectivity index (χ1v) is 8.62. The molecule has 1 aromatic carbocycles. The van der Waals surface area contributed by atoms with Crippen LogP contribution in [0.15, 0.2) is 24.3 Å². The van der Waals surface area contributed by atoms with Gasteiger partial charge in [-0.2, -0.15) is 0 Å². The van der Waals surface area contributed by atoms with Crippen molar-refractivity contribution in [1.82, 2.24) is 0 Å². The summed E-state index contributed by atoms with van der Waals surface area (Å²) in [6, 6.07) is 8.99. The fraction of sp³-hybridized carbons (Fsp3) is 0.700. The van der Waals surface area contributed by atoms with Crippen LogP contribution in [0.4, 0.5) is 0 Å². The lowest BCUT2D eigenvalue weighted by atomic mass is 9.88. The maximum atomic E-state index is 2.42. The summed E-state index contributed by atoms with van der Waals surface area (Å²) in [6.07, 6.45) is 8.15. The summed E-state index contributed by atoms with van der Waals surface area (Å²) in [5.74, 6) is 2.36. The van der Waals surface area contributed by atoms with E-state index in [0.717, 1.165) is 11.8 Å². The molecule has 0 aromatic heterocycles. The molecule has 0 amide bonds. The van der Waals surface area contributed by atoms with Crippen molar-refractivity contribution >= 4 is 0 Å². The molecule has 1 aromatic rings. The molecule has 0 fully saturated rings. The molecule has 20 heavy (non-hydrogen) atoms. The zero-order valence-corrected chi connectivity index (χ0v) is 14.3. The first kappa shape index (κ1) is 17.3. The van der Waals surface area contributed by atoms with Crippen LogP contribution in [0.3, 0.4) is 0 Å². The van der Waals surface area contributed by atoms with Gasteiger partial charge in [-0.1, -0.05) is 91.0 Å². The van der Waals surface area contributed by atoms with E-state index in [4.69, 9.17) is 0 Å². The molecule has 0 saturated heterocycles. The number of hydrogen-bond donors (Lipinski definition) is 0. The zero-order valence-electron chi connectivity index (χ0n) is 14.3. The Balaban J connectivity index is 2.41. The van der Waals surface area contributed by atoms with E-state index in [1.165, 1.54) is 38.5 Å². The fourth-order valence-electron chi connectivity index (χ4n) is 3.21. The van der Waals surface area contributed by atoms with Crippen molar-refractivity contribution in [2.75, 3.05) is 0 Å². The van der Waals surface area contributed by atoms with Gasteiger partial charge in [-0.3, -0.25) is 0 Å². The van der Waals surface area contributed by atoms with E-state index in [2.05, 4.69) is 58.9 Å². The minimum absolute atomic E-state index is 0.642. The Hall–Kier alpha value is -0.780. The van der Waals surface area contributed by atoms with Crippen LogP contribution in [0, 0.1) is 11.8 Å². The van der Waals surface area contributed by atoms with Crippen LogP contribution in [0.25, 0.3) is 0 Å². The van der Waals surface area contributed by atoms with Crippen molar-refractivity contribution in [1.29, 1.82) is 0 Å². The zero-order chi connectivity index (χ0) is 15.0. The van der Waals surface area contributed by atoms with E-state index < -0.39 is 0 Å². The molecular formula is C20H34. The van der Waals surface area contributed by atoms with Crippen molar-refractivity contribution in [2.45, 2.75) is 79.1 Å². The molecule has 0 radical (unpaired) electrons. The van der Waals surface area contributed by atoms with Crippen LogP contribution in [0.1, 0.15) is 83.8 Å². The monoisotopic (exact) mass is 274 g/mol. The molecule has 114 valence electrons. The first-order valence-electron chi connectivity index (χ1n) is 8.62. The van der Waals surface area contributed by atoms with Crippen molar-refractivity contribution in [3.8, 4) is 0 Å². The summed E-state index contributed by atoms with van der Waals surface area (Å²) in [5, 5.41) is 0. The normalized spacial score (nSPS) is 14.5. The van der Waals surface area contributed by atoms with Crippen LogP contribution >= 0.6 is 0 Å². The Bertz CT molecular complexity index is 364. The molecule has 0 N–H and O–H groups in total. The van der Waals surface area contributed by atoms with E-state index in [9.17, 15) is 0 Å². The molecule has 0 heteroatoms. The lowest BCUT2D eigenvalue weighted by molar-refractivity contribution is 0.420. The second-order valence-electron chi connectivity index (χ2n) is 6.99. The summed E-state index contributed by atoms with van der Waals surface area (Å²) in [4.78, 5) is 0. The maximum Gasteiger partial charge on any atom is -0.0216 e. The standard InChI is InChI=1S/C20H34/c1-6-10-17(4)11-9-12-18(5)15-19-13-7-8-14-20(19)16(2)3/h7-8,13-14,16-18H,6,9-12,15H2,1-5H3. The maximum absolute atomic E-state index is 2.42. The average molecular weight is 274 g/mol. The Morgan fingerprint density at radius 3 is 2.15 bits per heavy atom. The first-order chi connectivity index (χ1) is 9.54. The van der Waals surface area contributed by atoms with Crippen molar-refractivity contribution in [2.24, 2.45) is 11.8 Å². The van der Waals surface area contributed by atoms with E-state index in [1.807, 2.05) is 0 Å². The van der Waals surface area contributed by atoms with Gasteiger partial charge in [0.25, 0.3) is 0 Å². The molecule has 0 aliphatic carbocycles. The highest BCUT2D eigenvalue weighted by molar-refractivity contribution is 5.29. The van der Waals surface area contributed by atoms with Crippen LogP contribution in [0.2, 0.25) is 0 Å². The second-order valence-corrected chi connectivity index (χ2v) is 6.99. The fourth-order valence-corrected chi connectivity index (χ4v) is 3.21. The van der Waals surface area contributed by atoms with Crippen LogP contribution in [-0.4, -0.2) is 0 Å². The molecule has 0 aliphatic heterocycles. The third-order valence-electron chi connectivity index (χ3n) is 4.42. The van der Waals surface area contributed by atoms with Crippen LogP contribution < -0.4 is 0 Å². The van der Waals surface area contributed by atoms with Gasteiger partial charge in [0.1, 0.15) is 0 Å². The number of rotatable bonds is 9. The minimum atomic E-state index is 0.642.